The normalized spacial score (nSPS) is 15.4. The summed E-state index contributed by atoms with van der Waals surface area (Å²) in [5.41, 5.74) is 4.14. The van der Waals surface area contributed by atoms with Crippen LogP contribution in [0.25, 0.3) is 0 Å². The Labute approximate surface area is 145 Å². The van der Waals surface area contributed by atoms with Crippen LogP contribution in [0.5, 0.6) is 0 Å². The van der Waals surface area contributed by atoms with Crippen LogP contribution in [0.15, 0.2) is 58.6 Å². The number of nitrogens with zero attached hydrogens (tertiary/aromatic N) is 4. The number of hydrazone groups is 1. The third kappa shape index (κ3) is 3.80. The summed E-state index contributed by atoms with van der Waals surface area (Å²) >= 11 is 1.31. The third-order valence-electron chi connectivity index (χ3n) is 3.32. The fourth-order valence-electron chi connectivity index (χ4n) is 2.14. The minimum absolute atomic E-state index is 0.00965. The number of non-ortho nitro benzene ring substituents is 1. The molecule has 10 heteroatoms. The van der Waals surface area contributed by atoms with E-state index in [0.29, 0.717) is 22.2 Å². The van der Waals surface area contributed by atoms with Gasteiger partial charge in [0.15, 0.2) is 5.17 Å². The maximum Gasteiger partial charge on any atom is 0.294 e. The van der Waals surface area contributed by atoms with Crippen LogP contribution in [-0.2, 0) is 0 Å². The van der Waals surface area contributed by atoms with E-state index in [2.05, 4.69) is 15.5 Å². The molecule has 0 saturated carbocycles. The lowest BCUT2D eigenvalue weighted by atomic mass is 10.1. The van der Waals surface area contributed by atoms with Crippen LogP contribution in [0.4, 0.5) is 17.1 Å². The Morgan fingerprint density at radius 1 is 1.08 bits per heavy atom. The molecule has 1 N–H and O–H groups in total. The number of hydrogen-bond donors (Lipinski definition) is 1. The molecule has 0 atom stereocenters. The van der Waals surface area contributed by atoms with E-state index >= 15 is 0 Å². The molecule has 1 aliphatic heterocycles. The zero-order valence-corrected chi connectivity index (χ0v) is 13.5. The number of amidine groups is 1. The number of benzene rings is 2. The van der Waals surface area contributed by atoms with Crippen LogP contribution in [0, 0.1) is 20.2 Å². The minimum atomic E-state index is -0.495. The van der Waals surface area contributed by atoms with Crippen molar-refractivity contribution in [3.05, 3.63) is 74.3 Å². The summed E-state index contributed by atoms with van der Waals surface area (Å²) < 4.78 is 0. The minimum Gasteiger partial charge on any atom is -0.258 e. The van der Waals surface area contributed by atoms with Crippen molar-refractivity contribution in [3.8, 4) is 0 Å². The number of para-hydroxylation sites is 2. The van der Waals surface area contributed by atoms with Gasteiger partial charge in [0.2, 0.25) is 0 Å². The Morgan fingerprint density at radius 3 is 2.56 bits per heavy atom. The van der Waals surface area contributed by atoms with E-state index in [9.17, 15) is 20.2 Å². The Kier molecular flexibility index (Phi) is 4.70. The molecule has 0 aliphatic carbocycles. The first-order valence-electron chi connectivity index (χ1n) is 7.07. The molecule has 1 aliphatic rings. The Morgan fingerprint density at radius 2 is 1.88 bits per heavy atom. The van der Waals surface area contributed by atoms with Crippen LogP contribution in [0.2, 0.25) is 0 Å². The second-order valence-corrected chi connectivity index (χ2v) is 5.89. The summed E-state index contributed by atoms with van der Waals surface area (Å²) in [5.74, 6) is 0.438. The van der Waals surface area contributed by atoms with Gasteiger partial charge in [-0.25, -0.2) is 4.99 Å². The molecular weight excluding hydrogens is 346 g/mol. The molecule has 9 nitrogen and oxygen atoms in total. The number of nitro benzene ring substituents is 2. The van der Waals surface area contributed by atoms with Gasteiger partial charge in [0.1, 0.15) is 5.69 Å². The Bertz CT molecular complexity index is 912. The van der Waals surface area contributed by atoms with Crippen molar-refractivity contribution in [1.82, 2.24) is 5.43 Å². The topological polar surface area (TPSA) is 123 Å². The lowest BCUT2D eigenvalue weighted by molar-refractivity contribution is -0.384. The van der Waals surface area contributed by atoms with Gasteiger partial charge in [-0.3, -0.25) is 25.7 Å². The van der Waals surface area contributed by atoms with Gasteiger partial charge in [0.05, 0.1) is 15.6 Å². The molecule has 2 aromatic rings. The first-order chi connectivity index (χ1) is 12.0. The average molecular weight is 357 g/mol. The van der Waals surface area contributed by atoms with Crippen molar-refractivity contribution in [1.29, 1.82) is 0 Å². The second-order valence-electron chi connectivity index (χ2n) is 4.93. The monoisotopic (exact) mass is 357 g/mol. The van der Waals surface area contributed by atoms with Crippen molar-refractivity contribution in [3.63, 3.8) is 0 Å². The van der Waals surface area contributed by atoms with Crippen molar-refractivity contribution < 1.29 is 9.85 Å². The van der Waals surface area contributed by atoms with Gasteiger partial charge in [0.25, 0.3) is 11.4 Å². The molecule has 0 radical (unpaired) electrons. The highest BCUT2D eigenvalue weighted by atomic mass is 32.2. The summed E-state index contributed by atoms with van der Waals surface area (Å²) in [6.07, 6.45) is 0. The summed E-state index contributed by atoms with van der Waals surface area (Å²) in [7, 11) is 0. The van der Waals surface area contributed by atoms with E-state index in [-0.39, 0.29) is 17.1 Å². The maximum atomic E-state index is 11.0. The van der Waals surface area contributed by atoms with Gasteiger partial charge in [-0.1, -0.05) is 36.0 Å². The van der Waals surface area contributed by atoms with Crippen LogP contribution >= 0.6 is 11.8 Å². The zero-order valence-electron chi connectivity index (χ0n) is 12.7. The molecule has 126 valence electrons. The van der Waals surface area contributed by atoms with E-state index in [1.54, 1.807) is 30.3 Å². The molecule has 0 saturated heterocycles. The lowest BCUT2D eigenvalue weighted by Crippen LogP contribution is -2.25. The van der Waals surface area contributed by atoms with E-state index in [4.69, 9.17) is 0 Å². The molecule has 0 unspecified atom stereocenters. The first kappa shape index (κ1) is 16.6. The quantitative estimate of drug-likeness (QED) is 0.662. The predicted molar refractivity (Wildman–Crippen MR) is 95.4 cm³/mol. The van der Waals surface area contributed by atoms with Crippen LogP contribution in [-0.4, -0.2) is 26.5 Å². The van der Waals surface area contributed by atoms with Gasteiger partial charge in [-0.15, -0.1) is 0 Å². The molecule has 0 bridgehead atoms. The fourth-order valence-corrected chi connectivity index (χ4v) is 2.92. The Balaban J connectivity index is 1.82. The highest BCUT2D eigenvalue weighted by Gasteiger charge is 2.17. The molecule has 3 rings (SSSR count). The van der Waals surface area contributed by atoms with Gasteiger partial charge in [-0.2, -0.15) is 5.10 Å². The highest BCUT2D eigenvalue weighted by Crippen LogP contribution is 2.28. The van der Waals surface area contributed by atoms with Gasteiger partial charge < -0.3 is 0 Å². The average Bonchev–Trinajstić information content (AvgIpc) is 2.63. The summed E-state index contributed by atoms with van der Waals surface area (Å²) in [4.78, 5) is 25.1. The fraction of sp³-hybridized carbons (Fsp3) is 0.0667. The molecule has 0 spiro atoms. The molecule has 25 heavy (non-hydrogen) atoms. The van der Waals surface area contributed by atoms with Crippen LogP contribution < -0.4 is 5.43 Å². The van der Waals surface area contributed by atoms with E-state index in [1.165, 1.54) is 30.0 Å². The number of thioether (sulfide) groups is 1. The molecule has 0 amide bonds. The standard InChI is InChI=1S/C15H11N5O4S/c21-19(22)11-5-3-4-10(8-11)13-9-25-15(18-17-13)16-12-6-1-2-7-14(12)20(23)24/h1-8H,9H2,(H,16,18). The third-order valence-corrected chi connectivity index (χ3v) is 4.20. The van der Waals surface area contributed by atoms with E-state index in [0.717, 1.165) is 0 Å². The molecule has 0 aromatic heterocycles. The van der Waals surface area contributed by atoms with Crippen molar-refractivity contribution in [2.45, 2.75) is 0 Å². The van der Waals surface area contributed by atoms with Crippen molar-refractivity contribution in [2.75, 3.05) is 5.75 Å². The second kappa shape index (κ2) is 7.09. The SMILES string of the molecule is O=[N+]([O-])c1cccc(C2=NNC(=Nc3ccccc3[N+](=O)[O-])SC2)c1. The summed E-state index contributed by atoms with van der Waals surface area (Å²) in [6, 6.07) is 12.4. The number of nitrogens with one attached hydrogen (secondary N) is 1. The number of nitro groups is 2. The van der Waals surface area contributed by atoms with Crippen molar-refractivity contribution >= 4 is 39.7 Å². The lowest BCUT2D eigenvalue weighted by Gasteiger charge is -2.14. The Hall–Kier alpha value is -3.27. The van der Waals surface area contributed by atoms with E-state index < -0.39 is 9.85 Å². The highest BCUT2D eigenvalue weighted by molar-refractivity contribution is 8.14. The first-order valence-corrected chi connectivity index (χ1v) is 8.05. The van der Waals surface area contributed by atoms with Gasteiger partial charge >= 0.3 is 0 Å². The van der Waals surface area contributed by atoms with Gasteiger partial charge in [0, 0.05) is 29.5 Å². The molecule has 0 fully saturated rings. The number of aliphatic imine (C=N–C) groups is 1. The number of hydrogen-bond acceptors (Lipinski definition) is 7. The molecule has 2 aromatic carbocycles. The molecule has 1 heterocycles. The van der Waals surface area contributed by atoms with Crippen LogP contribution in [0.3, 0.4) is 0 Å². The largest absolute Gasteiger partial charge is 0.294 e. The van der Waals surface area contributed by atoms with Crippen molar-refractivity contribution in [2.24, 2.45) is 10.1 Å². The predicted octanol–water partition coefficient (Wildman–Crippen LogP) is 3.23. The van der Waals surface area contributed by atoms with E-state index in [1.807, 2.05) is 0 Å². The zero-order chi connectivity index (χ0) is 17.8. The smallest absolute Gasteiger partial charge is 0.258 e. The molecular formula is C15H11N5O4S. The summed E-state index contributed by atoms with van der Waals surface area (Å²) in [6.45, 7) is 0. The van der Waals surface area contributed by atoms with Gasteiger partial charge in [-0.05, 0) is 6.07 Å². The maximum absolute atomic E-state index is 11.0. The van der Waals surface area contributed by atoms with Crippen LogP contribution in [0.1, 0.15) is 5.56 Å². The summed E-state index contributed by atoms with van der Waals surface area (Å²) in [5, 5.41) is 26.5. The number of rotatable bonds is 4.